The van der Waals surface area contributed by atoms with Crippen molar-refractivity contribution in [2.75, 3.05) is 38.0 Å². The Hall–Kier alpha value is -2.75. The smallest absolute Gasteiger partial charge is 0.329 e. The third kappa shape index (κ3) is 7.99. The van der Waals surface area contributed by atoms with Gasteiger partial charge in [0.15, 0.2) is 6.61 Å². The number of primary amides is 1. The normalized spacial score (nSPS) is 11.2. The van der Waals surface area contributed by atoms with Crippen LogP contribution >= 0.6 is 11.8 Å². The van der Waals surface area contributed by atoms with Crippen molar-refractivity contribution in [1.29, 1.82) is 0 Å². The number of nitrogens with two attached hydrogens (primary N) is 1. The van der Waals surface area contributed by atoms with Crippen LogP contribution in [0.4, 0.5) is 10.5 Å². The van der Waals surface area contributed by atoms with Gasteiger partial charge in [-0.15, -0.1) is 0 Å². The predicted molar refractivity (Wildman–Crippen MR) is 104 cm³/mol. The Labute approximate surface area is 162 Å². The van der Waals surface area contributed by atoms with Crippen molar-refractivity contribution in [2.45, 2.75) is 12.5 Å². The largest absolute Gasteiger partial charge is 0.454 e. The maximum atomic E-state index is 12.0. The number of carbonyl (C=O) groups is 4. The second-order valence-corrected chi connectivity index (χ2v) is 6.76. The highest BCUT2D eigenvalue weighted by atomic mass is 32.2. The first-order chi connectivity index (χ1) is 12.7. The van der Waals surface area contributed by atoms with Crippen LogP contribution in [0.5, 0.6) is 0 Å². The lowest BCUT2D eigenvalue weighted by molar-refractivity contribution is -0.149. The van der Waals surface area contributed by atoms with Crippen LogP contribution in [0.3, 0.4) is 0 Å². The zero-order valence-electron chi connectivity index (χ0n) is 15.5. The molecule has 0 unspecified atom stereocenters. The van der Waals surface area contributed by atoms with Crippen molar-refractivity contribution in [3.05, 3.63) is 29.8 Å². The maximum Gasteiger partial charge on any atom is 0.329 e. The molecule has 148 valence electrons. The summed E-state index contributed by atoms with van der Waals surface area (Å²) in [6.45, 7) is -0.507. The molecule has 4 N–H and O–H groups in total. The highest BCUT2D eigenvalue weighted by molar-refractivity contribution is 7.98. The Morgan fingerprint density at radius 2 is 1.81 bits per heavy atom. The van der Waals surface area contributed by atoms with Gasteiger partial charge in [-0.1, -0.05) is 0 Å². The summed E-state index contributed by atoms with van der Waals surface area (Å²) in [5, 5.41) is 4.86. The molecule has 0 fully saturated rings. The Morgan fingerprint density at radius 3 is 2.33 bits per heavy atom. The van der Waals surface area contributed by atoms with E-state index in [0.717, 1.165) is 0 Å². The van der Waals surface area contributed by atoms with Crippen molar-refractivity contribution in [3.63, 3.8) is 0 Å². The lowest BCUT2D eigenvalue weighted by atomic mass is 10.2. The van der Waals surface area contributed by atoms with Gasteiger partial charge in [-0.05, 0) is 42.7 Å². The molecule has 1 aromatic rings. The Bertz CT molecular complexity index is 678. The van der Waals surface area contributed by atoms with Gasteiger partial charge in [-0.25, -0.2) is 9.59 Å². The molecule has 1 atom stereocenters. The Kier molecular flexibility index (Phi) is 9.14. The van der Waals surface area contributed by atoms with E-state index < -0.39 is 30.6 Å². The molecule has 0 heterocycles. The number of nitrogens with one attached hydrogen (secondary N) is 2. The van der Waals surface area contributed by atoms with E-state index in [4.69, 9.17) is 10.5 Å². The second-order valence-electron chi connectivity index (χ2n) is 5.78. The number of amides is 4. The third-order valence-corrected chi connectivity index (χ3v) is 4.02. The molecule has 9 nitrogen and oxygen atoms in total. The fourth-order valence-corrected chi connectivity index (χ4v) is 2.52. The average Bonchev–Trinajstić information content (AvgIpc) is 2.62. The monoisotopic (exact) mass is 396 g/mol. The number of urea groups is 1. The van der Waals surface area contributed by atoms with E-state index in [2.05, 4.69) is 10.6 Å². The molecular formula is C17H24N4O5S. The molecule has 0 radical (unpaired) electrons. The maximum absolute atomic E-state index is 12.0. The molecule has 4 amide bonds. The molecule has 27 heavy (non-hydrogen) atoms. The van der Waals surface area contributed by atoms with Crippen molar-refractivity contribution >= 4 is 41.3 Å². The van der Waals surface area contributed by atoms with Crippen molar-refractivity contribution < 1.29 is 23.9 Å². The predicted octanol–water partition coefficient (Wildman–Crippen LogP) is 0.660. The number of esters is 1. The SMILES string of the molecule is CSCC[C@@H](NC(N)=O)C(=O)OCC(=O)Nc1ccc(C(=O)N(C)C)cc1. The summed E-state index contributed by atoms with van der Waals surface area (Å²) >= 11 is 1.50. The Morgan fingerprint density at radius 1 is 1.19 bits per heavy atom. The van der Waals surface area contributed by atoms with Gasteiger partial charge in [0.1, 0.15) is 6.04 Å². The summed E-state index contributed by atoms with van der Waals surface area (Å²) in [4.78, 5) is 48.1. The minimum Gasteiger partial charge on any atom is -0.454 e. The third-order valence-electron chi connectivity index (χ3n) is 3.38. The standard InChI is InChI=1S/C17H24N4O5S/c1-21(2)15(23)11-4-6-12(7-5-11)19-14(22)10-26-16(24)13(8-9-27-3)20-17(18)25/h4-7,13H,8-10H2,1-3H3,(H,19,22)(H3,18,20,25)/t13-/m1/s1. The fourth-order valence-electron chi connectivity index (χ4n) is 2.05. The average molecular weight is 396 g/mol. The number of carbonyl (C=O) groups excluding carboxylic acids is 4. The summed E-state index contributed by atoms with van der Waals surface area (Å²) in [7, 11) is 3.29. The van der Waals surface area contributed by atoms with Crippen molar-refractivity contribution in [2.24, 2.45) is 5.73 Å². The molecular weight excluding hydrogens is 372 g/mol. The first-order valence-electron chi connectivity index (χ1n) is 8.07. The van der Waals surface area contributed by atoms with Crippen LogP contribution in [0, 0.1) is 0 Å². The molecule has 0 saturated carbocycles. The molecule has 0 aliphatic carbocycles. The summed E-state index contributed by atoms with van der Waals surface area (Å²) in [6.07, 6.45) is 2.20. The van der Waals surface area contributed by atoms with Crippen molar-refractivity contribution in [3.8, 4) is 0 Å². The molecule has 0 spiro atoms. The molecule has 0 saturated heterocycles. The van der Waals surface area contributed by atoms with Gasteiger partial charge in [0.25, 0.3) is 11.8 Å². The number of thioether (sulfide) groups is 1. The van der Waals surface area contributed by atoms with Gasteiger partial charge >= 0.3 is 12.0 Å². The van der Waals surface area contributed by atoms with Crippen LogP contribution < -0.4 is 16.4 Å². The molecule has 0 aliphatic rings. The number of nitrogens with zero attached hydrogens (tertiary/aromatic N) is 1. The van der Waals surface area contributed by atoms with Crippen LogP contribution in [-0.2, 0) is 14.3 Å². The molecule has 1 aromatic carbocycles. The van der Waals surface area contributed by atoms with Gasteiger partial charge in [0.2, 0.25) is 0 Å². The van der Waals surface area contributed by atoms with Crippen LogP contribution in [-0.4, -0.2) is 67.5 Å². The molecule has 1 rings (SSSR count). The van der Waals surface area contributed by atoms with E-state index in [-0.39, 0.29) is 5.91 Å². The lowest BCUT2D eigenvalue weighted by Crippen LogP contribution is -2.45. The van der Waals surface area contributed by atoms with Gasteiger partial charge < -0.3 is 26.0 Å². The van der Waals surface area contributed by atoms with Gasteiger partial charge in [-0.3, -0.25) is 9.59 Å². The van der Waals surface area contributed by atoms with E-state index in [1.165, 1.54) is 16.7 Å². The fraction of sp³-hybridized carbons (Fsp3) is 0.412. The number of ether oxygens (including phenoxy) is 1. The van der Waals surface area contributed by atoms with E-state index in [1.54, 1.807) is 38.4 Å². The van der Waals surface area contributed by atoms with Crippen LogP contribution in [0.2, 0.25) is 0 Å². The topological polar surface area (TPSA) is 131 Å². The summed E-state index contributed by atoms with van der Waals surface area (Å²) in [6, 6.07) is 4.57. The number of rotatable bonds is 9. The molecule has 0 bridgehead atoms. The Balaban J connectivity index is 2.54. The minimum atomic E-state index is -0.904. The minimum absolute atomic E-state index is 0.153. The van der Waals surface area contributed by atoms with E-state index in [0.29, 0.717) is 23.4 Å². The summed E-state index contributed by atoms with van der Waals surface area (Å²) < 4.78 is 4.94. The molecule has 0 aliphatic heterocycles. The van der Waals surface area contributed by atoms with Crippen LogP contribution in [0.25, 0.3) is 0 Å². The highest BCUT2D eigenvalue weighted by Gasteiger charge is 2.21. The first-order valence-corrected chi connectivity index (χ1v) is 9.47. The lowest BCUT2D eigenvalue weighted by Gasteiger charge is -2.16. The van der Waals surface area contributed by atoms with Crippen molar-refractivity contribution in [1.82, 2.24) is 10.2 Å². The van der Waals surface area contributed by atoms with E-state index >= 15 is 0 Å². The summed E-state index contributed by atoms with van der Waals surface area (Å²) in [5.41, 5.74) is 5.99. The molecule has 0 aromatic heterocycles. The van der Waals surface area contributed by atoms with E-state index in [1.807, 2.05) is 6.26 Å². The zero-order valence-corrected chi connectivity index (χ0v) is 16.3. The van der Waals surface area contributed by atoms with E-state index in [9.17, 15) is 19.2 Å². The van der Waals surface area contributed by atoms with Gasteiger partial charge in [-0.2, -0.15) is 11.8 Å². The quantitative estimate of drug-likeness (QED) is 0.526. The van der Waals surface area contributed by atoms with Crippen LogP contribution in [0.15, 0.2) is 24.3 Å². The van der Waals surface area contributed by atoms with Crippen LogP contribution in [0.1, 0.15) is 16.8 Å². The highest BCUT2D eigenvalue weighted by Crippen LogP contribution is 2.11. The number of hydrogen-bond donors (Lipinski definition) is 3. The van der Waals surface area contributed by atoms with Gasteiger partial charge in [0.05, 0.1) is 0 Å². The second kappa shape index (κ2) is 11.1. The molecule has 10 heteroatoms. The zero-order chi connectivity index (χ0) is 20.4. The van der Waals surface area contributed by atoms with Gasteiger partial charge in [0, 0.05) is 25.3 Å². The number of hydrogen-bond acceptors (Lipinski definition) is 6. The number of benzene rings is 1. The number of anilines is 1. The summed E-state index contributed by atoms with van der Waals surface area (Å²) in [5.74, 6) is -0.813. The first kappa shape index (κ1) is 22.3.